The lowest BCUT2D eigenvalue weighted by molar-refractivity contribution is -0.138. The molecule has 0 aromatic rings. The lowest BCUT2D eigenvalue weighted by Gasteiger charge is -2.35. The van der Waals surface area contributed by atoms with E-state index in [9.17, 15) is 4.79 Å². The Morgan fingerprint density at radius 3 is 1.83 bits per heavy atom. The van der Waals surface area contributed by atoms with E-state index in [1.165, 1.54) is 38.9 Å². The average Bonchev–Trinajstić information content (AvgIpc) is 2.38. The third-order valence-electron chi connectivity index (χ3n) is 4.00. The van der Waals surface area contributed by atoms with Crippen molar-refractivity contribution >= 4 is 5.97 Å². The topological polar surface area (TPSA) is 47.0 Å². The summed E-state index contributed by atoms with van der Waals surface area (Å²) in [5.41, 5.74) is 0. The van der Waals surface area contributed by atoms with Crippen molar-refractivity contribution in [1.82, 2.24) is 14.7 Å². The van der Waals surface area contributed by atoms with E-state index < -0.39 is 5.97 Å². The summed E-state index contributed by atoms with van der Waals surface area (Å²) in [6.45, 7) is 8.86. The summed E-state index contributed by atoms with van der Waals surface area (Å²) >= 11 is 0. The van der Waals surface area contributed by atoms with Crippen LogP contribution in [0.25, 0.3) is 0 Å². The molecular weight excluding hydrogens is 230 g/mol. The van der Waals surface area contributed by atoms with E-state index in [-0.39, 0.29) is 6.54 Å². The summed E-state index contributed by atoms with van der Waals surface area (Å²) in [7, 11) is 0. The molecule has 0 spiro atoms. The van der Waals surface area contributed by atoms with Crippen molar-refractivity contribution in [2.75, 3.05) is 58.9 Å². The van der Waals surface area contributed by atoms with E-state index in [4.69, 9.17) is 5.11 Å². The van der Waals surface area contributed by atoms with Crippen LogP contribution in [0.3, 0.4) is 0 Å². The van der Waals surface area contributed by atoms with E-state index in [0.29, 0.717) is 0 Å². The van der Waals surface area contributed by atoms with Gasteiger partial charge in [-0.3, -0.25) is 14.6 Å². The van der Waals surface area contributed by atoms with Gasteiger partial charge in [-0.05, 0) is 25.9 Å². The van der Waals surface area contributed by atoms with Crippen molar-refractivity contribution in [1.29, 1.82) is 0 Å². The molecule has 0 saturated carbocycles. The fourth-order valence-corrected chi connectivity index (χ4v) is 2.83. The predicted molar refractivity (Wildman–Crippen MR) is 70.8 cm³/mol. The molecule has 5 heteroatoms. The summed E-state index contributed by atoms with van der Waals surface area (Å²) < 4.78 is 0. The molecule has 1 N–H and O–H groups in total. The zero-order chi connectivity index (χ0) is 12.8. The van der Waals surface area contributed by atoms with Crippen LogP contribution in [0, 0.1) is 0 Å². The number of nitrogens with zero attached hydrogens (tertiary/aromatic N) is 3. The fraction of sp³-hybridized carbons (Fsp3) is 0.923. The number of piperazine rings is 1. The van der Waals surface area contributed by atoms with Gasteiger partial charge in [-0.15, -0.1) is 0 Å². The summed E-state index contributed by atoms with van der Waals surface area (Å²) in [5, 5.41) is 8.74. The Bertz CT molecular complexity index is 259. The van der Waals surface area contributed by atoms with Crippen LogP contribution in [-0.2, 0) is 4.79 Å². The Kier molecular flexibility index (Phi) is 5.41. The second-order valence-electron chi connectivity index (χ2n) is 5.41. The number of carboxylic acid groups (broad SMARTS) is 1. The molecular formula is C13H25N3O2. The van der Waals surface area contributed by atoms with Crippen molar-refractivity contribution in [3.63, 3.8) is 0 Å². The van der Waals surface area contributed by atoms with Crippen molar-refractivity contribution in [3.8, 4) is 0 Å². The third kappa shape index (κ3) is 4.55. The first kappa shape index (κ1) is 13.8. The molecule has 0 aliphatic carbocycles. The van der Waals surface area contributed by atoms with Gasteiger partial charge in [0, 0.05) is 39.3 Å². The molecule has 2 heterocycles. The molecule has 104 valence electrons. The molecule has 0 amide bonds. The molecule has 0 aromatic carbocycles. The van der Waals surface area contributed by atoms with Crippen LogP contribution in [0.1, 0.15) is 19.3 Å². The minimum Gasteiger partial charge on any atom is -0.480 e. The van der Waals surface area contributed by atoms with E-state index in [2.05, 4.69) is 9.80 Å². The summed E-state index contributed by atoms with van der Waals surface area (Å²) in [6.07, 6.45) is 4.10. The number of likely N-dealkylation sites (tertiary alicyclic amines) is 1. The van der Waals surface area contributed by atoms with Gasteiger partial charge in [-0.2, -0.15) is 0 Å². The van der Waals surface area contributed by atoms with Crippen molar-refractivity contribution in [2.24, 2.45) is 0 Å². The largest absolute Gasteiger partial charge is 0.480 e. The van der Waals surface area contributed by atoms with Gasteiger partial charge in [0.2, 0.25) is 0 Å². The number of rotatable bonds is 5. The standard InChI is InChI=1S/C13H25N3O2/c17-13(18)12-16-10-8-15(9-11-16)7-6-14-4-2-1-3-5-14/h1-12H2,(H,17,18). The number of hydrogen-bond acceptors (Lipinski definition) is 4. The highest BCUT2D eigenvalue weighted by Gasteiger charge is 2.19. The average molecular weight is 255 g/mol. The Morgan fingerprint density at radius 1 is 0.778 bits per heavy atom. The van der Waals surface area contributed by atoms with Crippen LogP contribution in [0.4, 0.5) is 0 Å². The quantitative estimate of drug-likeness (QED) is 0.759. The van der Waals surface area contributed by atoms with Gasteiger partial charge >= 0.3 is 5.97 Å². The summed E-state index contributed by atoms with van der Waals surface area (Å²) in [6, 6.07) is 0. The first-order valence-corrected chi connectivity index (χ1v) is 7.13. The van der Waals surface area contributed by atoms with E-state index in [0.717, 1.165) is 32.7 Å². The number of piperidine rings is 1. The fourth-order valence-electron chi connectivity index (χ4n) is 2.83. The van der Waals surface area contributed by atoms with Crippen molar-refractivity contribution in [3.05, 3.63) is 0 Å². The lowest BCUT2D eigenvalue weighted by atomic mass is 10.1. The molecule has 2 fully saturated rings. The van der Waals surface area contributed by atoms with Gasteiger partial charge in [0.1, 0.15) is 0 Å². The monoisotopic (exact) mass is 255 g/mol. The number of aliphatic carboxylic acids is 1. The molecule has 0 bridgehead atoms. The molecule has 0 aromatic heterocycles. The van der Waals surface area contributed by atoms with Gasteiger partial charge in [0.25, 0.3) is 0 Å². The van der Waals surface area contributed by atoms with E-state index in [1.54, 1.807) is 0 Å². The van der Waals surface area contributed by atoms with Crippen LogP contribution >= 0.6 is 0 Å². The molecule has 2 aliphatic rings. The highest BCUT2D eigenvalue weighted by molar-refractivity contribution is 5.69. The van der Waals surface area contributed by atoms with Crippen LogP contribution in [0.2, 0.25) is 0 Å². The Balaban J connectivity index is 1.59. The third-order valence-corrected chi connectivity index (χ3v) is 4.00. The molecule has 2 rings (SSSR count). The second-order valence-corrected chi connectivity index (χ2v) is 5.41. The van der Waals surface area contributed by atoms with Gasteiger partial charge in [-0.1, -0.05) is 6.42 Å². The minimum atomic E-state index is -0.711. The second kappa shape index (κ2) is 7.07. The van der Waals surface area contributed by atoms with Crippen LogP contribution in [-0.4, -0.2) is 84.7 Å². The Morgan fingerprint density at radius 2 is 1.28 bits per heavy atom. The maximum atomic E-state index is 10.6. The van der Waals surface area contributed by atoms with Gasteiger partial charge in [-0.25, -0.2) is 0 Å². The van der Waals surface area contributed by atoms with Gasteiger partial charge in [0.15, 0.2) is 0 Å². The van der Waals surface area contributed by atoms with Gasteiger partial charge in [0.05, 0.1) is 6.54 Å². The van der Waals surface area contributed by atoms with Crippen LogP contribution in [0.15, 0.2) is 0 Å². The summed E-state index contributed by atoms with van der Waals surface area (Å²) in [4.78, 5) is 17.7. The molecule has 0 unspecified atom stereocenters. The predicted octanol–water partition coefficient (Wildman–Crippen LogP) is 0.175. The maximum Gasteiger partial charge on any atom is 0.317 e. The molecule has 0 atom stereocenters. The number of carboxylic acids is 1. The first-order valence-electron chi connectivity index (χ1n) is 7.13. The zero-order valence-electron chi connectivity index (χ0n) is 11.2. The lowest BCUT2D eigenvalue weighted by Crippen LogP contribution is -2.49. The Hall–Kier alpha value is -0.650. The smallest absolute Gasteiger partial charge is 0.317 e. The number of hydrogen-bond donors (Lipinski definition) is 1. The van der Waals surface area contributed by atoms with Crippen LogP contribution < -0.4 is 0 Å². The van der Waals surface area contributed by atoms with E-state index in [1.807, 2.05) is 4.90 Å². The minimum absolute atomic E-state index is 0.194. The first-order chi connectivity index (χ1) is 8.74. The zero-order valence-corrected chi connectivity index (χ0v) is 11.2. The SMILES string of the molecule is O=C(O)CN1CCN(CCN2CCCCC2)CC1. The van der Waals surface area contributed by atoms with Gasteiger partial charge < -0.3 is 10.0 Å². The Labute approximate surface area is 109 Å². The highest BCUT2D eigenvalue weighted by atomic mass is 16.4. The number of carbonyl (C=O) groups is 1. The molecule has 2 saturated heterocycles. The van der Waals surface area contributed by atoms with Crippen molar-refractivity contribution < 1.29 is 9.90 Å². The molecule has 0 radical (unpaired) electrons. The van der Waals surface area contributed by atoms with E-state index >= 15 is 0 Å². The molecule has 18 heavy (non-hydrogen) atoms. The maximum absolute atomic E-state index is 10.6. The molecule has 5 nitrogen and oxygen atoms in total. The summed E-state index contributed by atoms with van der Waals surface area (Å²) in [5.74, 6) is -0.711. The normalized spacial score (nSPS) is 24.2. The van der Waals surface area contributed by atoms with Crippen LogP contribution in [0.5, 0.6) is 0 Å². The highest BCUT2D eigenvalue weighted by Crippen LogP contribution is 2.09. The molecule has 2 aliphatic heterocycles. The van der Waals surface area contributed by atoms with Crippen molar-refractivity contribution in [2.45, 2.75) is 19.3 Å².